The first-order valence-corrected chi connectivity index (χ1v) is 15.4. The minimum absolute atomic E-state index is 0.0214. The van der Waals surface area contributed by atoms with E-state index in [9.17, 15) is 25.2 Å². The van der Waals surface area contributed by atoms with Crippen molar-refractivity contribution in [3.8, 4) is 34.8 Å². The number of ketones is 1. The normalized spacial score (nSPS) is 28.7. The van der Waals surface area contributed by atoms with Crippen LogP contribution in [0.1, 0.15) is 73.1 Å². The quantitative estimate of drug-likeness (QED) is 0.212. The lowest BCUT2D eigenvalue weighted by Gasteiger charge is -2.48. The summed E-state index contributed by atoms with van der Waals surface area (Å²) in [5.74, 6) is 6.81. The highest BCUT2D eigenvalue weighted by molar-refractivity contribution is 5.80. The average molecular weight is 581 g/mol. The van der Waals surface area contributed by atoms with E-state index in [1.165, 1.54) is 7.11 Å². The van der Waals surface area contributed by atoms with Crippen molar-refractivity contribution in [1.82, 2.24) is 0 Å². The minimum atomic E-state index is -0.884. The molecule has 3 aromatic carbocycles. The summed E-state index contributed by atoms with van der Waals surface area (Å²) in [6.45, 7) is 0. The third kappa shape index (κ3) is 5.47. The molecule has 6 atom stereocenters. The van der Waals surface area contributed by atoms with Crippen molar-refractivity contribution in [2.24, 2.45) is 17.8 Å². The molecule has 0 radical (unpaired) electrons. The van der Waals surface area contributed by atoms with Crippen molar-refractivity contribution in [2.75, 3.05) is 7.11 Å². The fourth-order valence-electron chi connectivity index (χ4n) is 8.38. The molecule has 0 saturated heterocycles. The van der Waals surface area contributed by atoms with Gasteiger partial charge in [0, 0.05) is 42.4 Å². The van der Waals surface area contributed by atoms with Crippen molar-refractivity contribution in [2.45, 2.75) is 75.2 Å². The van der Waals surface area contributed by atoms with Crippen LogP contribution in [0, 0.1) is 29.6 Å². The number of hydrogen-bond donors (Lipinski definition) is 4. The van der Waals surface area contributed by atoms with Gasteiger partial charge in [0.25, 0.3) is 0 Å². The third-order valence-electron chi connectivity index (χ3n) is 10.4. The van der Waals surface area contributed by atoms with Gasteiger partial charge >= 0.3 is 0 Å². The van der Waals surface area contributed by atoms with E-state index in [-0.39, 0.29) is 53.6 Å². The molecule has 6 rings (SSSR count). The van der Waals surface area contributed by atoms with Crippen LogP contribution < -0.4 is 4.74 Å². The number of carbonyl (C=O) groups is 1. The van der Waals surface area contributed by atoms with E-state index in [0.29, 0.717) is 24.5 Å². The van der Waals surface area contributed by atoms with Crippen molar-refractivity contribution >= 4 is 5.78 Å². The molecule has 0 aromatic heterocycles. The zero-order valence-electron chi connectivity index (χ0n) is 24.6. The van der Waals surface area contributed by atoms with Crippen molar-refractivity contribution in [3.63, 3.8) is 0 Å². The van der Waals surface area contributed by atoms with E-state index >= 15 is 0 Å². The number of methoxy groups -OCH3 is 1. The van der Waals surface area contributed by atoms with Gasteiger partial charge in [-0.15, -0.1) is 5.92 Å². The van der Waals surface area contributed by atoms with E-state index in [4.69, 9.17) is 4.74 Å². The van der Waals surface area contributed by atoms with Gasteiger partial charge in [0.2, 0.25) is 0 Å². The van der Waals surface area contributed by atoms with Gasteiger partial charge in [-0.1, -0.05) is 48.7 Å². The predicted molar refractivity (Wildman–Crippen MR) is 164 cm³/mol. The zero-order chi connectivity index (χ0) is 30.1. The number of aromatic hydroxyl groups is 3. The lowest BCUT2D eigenvalue weighted by Crippen LogP contribution is -2.48. The lowest BCUT2D eigenvalue weighted by atomic mass is 9.56. The SMILES string of the molecule is COc1cc([C@H]2CC(=O)C[C@H](O)[C@H]([C@@]34CCC[C@@H]3CCc3cc(O)c(O)cc34)CC#C[C@H]2Cc2ccccc2)ccc1O. The molecular formula is C37H40O6. The maximum atomic E-state index is 13.8. The van der Waals surface area contributed by atoms with Crippen LogP contribution in [0.4, 0.5) is 0 Å². The number of fused-ring (bicyclic) bond motifs is 3. The summed E-state index contributed by atoms with van der Waals surface area (Å²) in [6, 6.07) is 18.8. The molecule has 3 aliphatic carbocycles. The minimum Gasteiger partial charge on any atom is -0.504 e. The Labute approximate surface area is 253 Å². The van der Waals surface area contributed by atoms with Crippen molar-refractivity contribution in [3.05, 3.63) is 82.9 Å². The number of benzene rings is 3. The zero-order valence-corrected chi connectivity index (χ0v) is 24.6. The van der Waals surface area contributed by atoms with Crippen LogP contribution >= 0.6 is 0 Å². The van der Waals surface area contributed by atoms with Crippen LogP contribution in [0.25, 0.3) is 0 Å². The molecule has 0 heterocycles. The largest absolute Gasteiger partial charge is 0.504 e. The van der Waals surface area contributed by atoms with Gasteiger partial charge in [-0.3, -0.25) is 4.79 Å². The highest BCUT2D eigenvalue weighted by Crippen LogP contribution is 2.59. The molecular weight excluding hydrogens is 540 g/mol. The van der Waals surface area contributed by atoms with Crippen molar-refractivity contribution in [1.29, 1.82) is 0 Å². The molecule has 6 nitrogen and oxygen atoms in total. The van der Waals surface area contributed by atoms with E-state index in [0.717, 1.165) is 54.4 Å². The summed E-state index contributed by atoms with van der Waals surface area (Å²) in [6.07, 6.45) is 5.12. The number of carbonyl (C=O) groups excluding carboxylic acids is 1. The monoisotopic (exact) mass is 580 g/mol. The van der Waals surface area contributed by atoms with Gasteiger partial charge in [-0.2, -0.15) is 0 Å². The molecule has 6 heteroatoms. The Kier molecular flexibility index (Phi) is 8.11. The van der Waals surface area contributed by atoms with Crippen LogP contribution in [0.2, 0.25) is 0 Å². The number of phenols is 3. The summed E-state index contributed by atoms with van der Waals surface area (Å²) >= 11 is 0. The summed E-state index contributed by atoms with van der Waals surface area (Å²) < 4.78 is 5.40. The number of aryl methyl sites for hydroxylation is 1. The first-order valence-electron chi connectivity index (χ1n) is 15.4. The summed E-state index contributed by atoms with van der Waals surface area (Å²) in [4.78, 5) is 13.8. The number of aliphatic hydroxyl groups excluding tert-OH is 1. The summed E-state index contributed by atoms with van der Waals surface area (Å²) in [5.41, 5.74) is 3.60. The fourth-order valence-corrected chi connectivity index (χ4v) is 8.38. The predicted octanol–water partition coefficient (Wildman–Crippen LogP) is 6.17. The molecule has 0 aliphatic heterocycles. The first kappa shape index (κ1) is 29.1. The van der Waals surface area contributed by atoms with Crippen LogP contribution in [-0.2, 0) is 23.1 Å². The van der Waals surface area contributed by atoms with Gasteiger partial charge < -0.3 is 25.2 Å². The fraction of sp³-hybridized carbons (Fsp3) is 0.432. The molecule has 0 bridgehead atoms. The standard InChI is InChI=1S/C37H40O6/c1-43-36-19-25(13-15-32(36)39)29-20-28(38)21-33(40)30(11-5-9-24(29)17-23-7-3-2-4-8-23)37-16-6-10-27(37)14-12-26-18-34(41)35(42)22-31(26)37/h2-4,7-8,13,15,18-19,22,24,27,29-30,33,39-42H,6,10-12,14,16-17,20-21H2,1H3/t24-,27+,29-,30+,33-,37+/m0/s1. The average Bonchev–Trinajstić information content (AvgIpc) is 3.44. The van der Waals surface area contributed by atoms with E-state index in [2.05, 4.69) is 24.0 Å². The molecule has 0 unspecified atom stereocenters. The maximum Gasteiger partial charge on any atom is 0.160 e. The van der Waals surface area contributed by atoms with E-state index in [1.807, 2.05) is 24.3 Å². The number of aliphatic hydroxyl groups is 1. The highest BCUT2D eigenvalue weighted by atomic mass is 16.5. The second-order valence-electron chi connectivity index (χ2n) is 12.6. The Morgan fingerprint density at radius 1 is 0.953 bits per heavy atom. The molecule has 1 fully saturated rings. The van der Waals surface area contributed by atoms with Gasteiger partial charge in [0.05, 0.1) is 13.2 Å². The van der Waals surface area contributed by atoms with Crippen LogP contribution in [0.15, 0.2) is 60.7 Å². The Morgan fingerprint density at radius 3 is 2.53 bits per heavy atom. The smallest absolute Gasteiger partial charge is 0.160 e. The van der Waals surface area contributed by atoms with Crippen LogP contribution in [-0.4, -0.2) is 39.4 Å². The maximum absolute atomic E-state index is 13.8. The van der Waals surface area contributed by atoms with E-state index in [1.54, 1.807) is 24.3 Å². The van der Waals surface area contributed by atoms with Gasteiger partial charge in [-0.25, -0.2) is 0 Å². The number of rotatable bonds is 5. The Bertz CT molecular complexity index is 1550. The van der Waals surface area contributed by atoms with Gasteiger partial charge in [-0.05, 0) is 84.5 Å². The molecule has 224 valence electrons. The molecule has 4 N–H and O–H groups in total. The molecule has 3 aromatic rings. The van der Waals surface area contributed by atoms with E-state index < -0.39 is 11.5 Å². The number of phenolic OH excluding ortho intramolecular Hbond substituents is 3. The Morgan fingerprint density at radius 2 is 1.74 bits per heavy atom. The highest BCUT2D eigenvalue weighted by Gasteiger charge is 2.54. The number of Topliss-reactive ketones (excluding diaryl/α,β-unsaturated/α-hetero) is 1. The molecule has 0 spiro atoms. The van der Waals surface area contributed by atoms with Crippen LogP contribution in [0.3, 0.4) is 0 Å². The number of ether oxygens (including phenoxy) is 1. The van der Waals surface area contributed by atoms with Gasteiger partial charge in [0.15, 0.2) is 23.0 Å². The van der Waals surface area contributed by atoms with Crippen LogP contribution in [0.5, 0.6) is 23.0 Å². The topological polar surface area (TPSA) is 107 Å². The number of hydrogen-bond acceptors (Lipinski definition) is 6. The Hall–Kier alpha value is -3.95. The third-order valence-corrected chi connectivity index (χ3v) is 10.4. The molecule has 3 aliphatic rings. The molecule has 0 amide bonds. The lowest BCUT2D eigenvalue weighted by molar-refractivity contribution is -0.123. The first-order chi connectivity index (χ1) is 20.8. The second-order valence-corrected chi connectivity index (χ2v) is 12.6. The Balaban J connectivity index is 1.43. The summed E-state index contributed by atoms with van der Waals surface area (Å²) in [7, 11) is 1.51. The second kappa shape index (κ2) is 12.0. The molecule has 43 heavy (non-hydrogen) atoms. The molecule has 1 saturated carbocycles. The van der Waals surface area contributed by atoms with Gasteiger partial charge in [0.1, 0.15) is 5.78 Å². The van der Waals surface area contributed by atoms with Crippen molar-refractivity contribution < 1.29 is 30.0 Å². The summed E-state index contributed by atoms with van der Waals surface area (Å²) in [5, 5.41) is 42.9.